The summed E-state index contributed by atoms with van der Waals surface area (Å²) < 4.78 is 39.2. The Bertz CT molecular complexity index is 935. The number of nitrogens with zero attached hydrogens (tertiary/aromatic N) is 3. The van der Waals surface area contributed by atoms with Gasteiger partial charge in [-0.1, -0.05) is 15.9 Å². The third-order valence-corrected chi connectivity index (χ3v) is 4.88. The Morgan fingerprint density at radius 3 is 2.92 bits per heavy atom. The van der Waals surface area contributed by atoms with E-state index in [0.717, 1.165) is 33.0 Å². The highest BCUT2D eigenvalue weighted by molar-refractivity contribution is 9.10. The molecule has 1 aromatic carbocycles. The molecule has 130 valence electrons. The molecule has 0 fully saturated rings. The van der Waals surface area contributed by atoms with Gasteiger partial charge in [0.1, 0.15) is 0 Å². The molecule has 0 radical (unpaired) electrons. The Hall–Kier alpha value is -1.93. The molecule has 1 aliphatic heterocycles. The number of benzene rings is 1. The second-order valence-electron chi connectivity index (χ2n) is 6.13. The second-order valence-corrected chi connectivity index (χ2v) is 7.04. The van der Waals surface area contributed by atoms with Crippen molar-refractivity contribution < 1.29 is 13.2 Å². The largest absolute Gasteiger partial charge is 0.451 e. The van der Waals surface area contributed by atoms with Crippen LogP contribution in [0.15, 0.2) is 35.1 Å². The predicted molar refractivity (Wildman–Crippen MR) is 90.9 cm³/mol. The number of hydrogen-bond donors (Lipinski definition) is 1. The van der Waals surface area contributed by atoms with Crippen LogP contribution >= 0.6 is 15.9 Å². The molecule has 8 heteroatoms. The van der Waals surface area contributed by atoms with Crippen LogP contribution in [0, 0.1) is 0 Å². The molecular weight excluding hydrogens is 397 g/mol. The van der Waals surface area contributed by atoms with Gasteiger partial charge in [-0.25, -0.2) is 9.97 Å². The highest BCUT2D eigenvalue weighted by atomic mass is 79.9. The molecule has 3 heterocycles. The summed E-state index contributed by atoms with van der Waals surface area (Å²) in [7, 11) is 0. The van der Waals surface area contributed by atoms with E-state index in [1.165, 1.54) is 6.20 Å². The number of nitrogens with one attached hydrogen (secondary N) is 1. The molecule has 3 aromatic rings. The van der Waals surface area contributed by atoms with E-state index in [-0.39, 0.29) is 0 Å². The van der Waals surface area contributed by atoms with Gasteiger partial charge in [-0.15, -0.1) is 0 Å². The van der Waals surface area contributed by atoms with Gasteiger partial charge in [0, 0.05) is 59.4 Å². The number of fused-ring (bicyclic) bond motifs is 2. The van der Waals surface area contributed by atoms with Crippen molar-refractivity contribution >= 4 is 26.8 Å². The molecular formula is C17H14BrF3N4. The molecule has 0 spiro atoms. The lowest BCUT2D eigenvalue weighted by Gasteiger charge is -2.28. The SMILES string of the molecule is FC(F)(F)c1ncc2c(n1)CCN(Cc1c[nH]c3ccc(Br)cc13)C2. The van der Waals surface area contributed by atoms with Gasteiger partial charge < -0.3 is 4.98 Å². The molecule has 4 nitrogen and oxygen atoms in total. The summed E-state index contributed by atoms with van der Waals surface area (Å²) in [6.07, 6.45) is -0.713. The van der Waals surface area contributed by atoms with Crippen molar-refractivity contribution in [3.8, 4) is 0 Å². The first-order valence-electron chi connectivity index (χ1n) is 7.80. The Labute approximate surface area is 150 Å². The summed E-state index contributed by atoms with van der Waals surface area (Å²) in [4.78, 5) is 12.6. The quantitative estimate of drug-likeness (QED) is 0.684. The van der Waals surface area contributed by atoms with Gasteiger partial charge in [0.25, 0.3) is 0 Å². The zero-order valence-corrected chi connectivity index (χ0v) is 14.7. The molecule has 25 heavy (non-hydrogen) atoms. The zero-order valence-electron chi connectivity index (χ0n) is 13.1. The topological polar surface area (TPSA) is 44.8 Å². The Morgan fingerprint density at radius 2 is 2.12 bits per heavy atom. The number of halogens is 4. The van der Waals surface area contributed by atoms with E-state index in [4.69, 9.17) is 0 Å². The van der Waals surface area contributed by atoms with Crippen molar-refractivity contribution in [3.63, 3.8) is 0 Å². The number of aromatic amines is 1. The smallest absolute Gasteiger partial charge is 0.361 e. The number of alkyl halides is 3. The van der Waals surface area contributed by atoms with E-state index in [2.05, 4.69) is 41.8 Å². The van der Waals surface area contributed by atoms with Crippen LogP contribution in [-0.2, 0) is 25.7 Å². The summed E-state index contributed by atoms with van der Waals surface area (Å²) in [5.41, 5.74) is 3.49. The number of aromatic nitrogens is 3. The van der Waals surface area contributed by atoms with Crippen molar-refractivity contribution in [3.05, 3.63) is 57.7 Å². The first kappa shape index (κ1) is 16.5. The standard InChI is InChI=1S/C17H14BrF3N4/c18-12-1-2-15-13(5-12)10(6-22-15)8-25-4-3-14-11(9-25)7-23-16(24-14)17(19,20)21/h1-2,5-7,22H,3-4,8-9H2. The van der Waals surface area contributed by atoms with Crippen LogP contribution in [0.25, 0.3) is 10.9 Å². The lowest BCUT2D eigenvalue weighted by Crippen LogP contribution is -2.31. The minimum Gasteiger partial charge on any atom is -0.361 e. The first-order valence-corrected chi connectivity index (χ1v) is 8.59. The van der Waals surface area contributed by atoms with Crippen molar-refractivity contribution in [2.75, 3.05) is 6.54 Å². The normalized spacial score (nSPS) is 15.5. The van der Waals surface area contributed by atoms with Crippen LogP contribution in [0.5, 0.6) is 0 Å². The maximum atomic E-state index is 12.7. The van der Waals surface area contributed by atoms with Crippen molar-refractivity contribution in [1.29, 1.82) is 0 Å². The van der Waals surface area contributed by atoms with Crippen LogP contribution in [0.2, 0.25) is 0 Å². The van der Waals surface area contributed by atoms with Gasteiger partial charge >= 0.3 is 6.18 Å². The summed E-state index contributed by atoms with van der Waals surface area (Å²) in [5, 5.41) is 1.14. The lowest BCUT2D eigenvalue weighted by atomic mass is 10.1. The van der Waals surface area contributed by atoms with Crippen molar-refractivity contribution in [2.24, 2.45) is 0 Å². The third-order valence-electron chi connectivity index (χ3n) is 4.39. The van der Waals surface area contributed by atoms with Crippen LogP contribution in [-0.4, -0.2) is 26.4 Å². The highest BCUT2D eigenvalue weighted by Crippen LogP contribution is 2.29. The molecule has 0 saturated carbocycles. The first-order chi connectivity index (χ1) is 11.9. The summed E-state index contributed by atoms with van der Waals surface area (Å²) in [6.45, 7) is 1.94. The monoisotopic (exact) mass is 410 g/mol. The fourth-order valence-electron chi connectivity index (χ4n) is 3.17. The van der Waals surface area contributed by atoms with E-state index >= 15 is 0 Å². The summed E-state index contributed by atoms with van der Waals surface area (Å²) >= 11 is 3.48. The number of hydrogen-bond acceptors (Lipinski definition) is 3. The molecule has 0 unspecified atom stereocenters. The molecule has 0 bridgehead atoms. The Morgan fingerprint density at radius 1 is 1.28 bits per heavy atom. The predicted octanol–water partition coefficient (Wildman–Crippen LogP) is 4.30. The van der Waals surface area contributed by atoms with Gasteiger partial charge in [0.2, 0.25) is 5.82 Å². The Balaban J connectivity index is 1.55. The maximum absolute atomic E-state index is 12.7. The molecule has 0 aliphatic carbocycles. The molecule has 1 aliphatic rings. The van der Waals surface area contributed by atoms with Gasteiger partial charge in [0.15, 0.2) is 0 Å². The van der Waals surface area contributed by atoms with E-state index in [1.807, 2.05) is 18.3 Å². The summed E-state index contributed by atoms with van der Waals surface area (Å²) in [5.74, 6) is -1.05. The third kappa shape index (κ3) is 3.28. The summed E-state index contributed by atoms with van der Waals surface area (Å²) in [6, 6.07) is 6.06. The zero-order chi connectivity index (χ0) is 17.6. The highest BCUT2D eigenvalue weighted by Gasteiger charge is 2.35. The van der Waals surface area contributed by atoms with Crippen molar-refractivity contribution in [1.82, 2.24) is 19.9 Å². The Kier molecular flexibility index (Phi) is 4.04. The van der Waals surface area contributed by atoms with Gasteiger partial charge in [-0.05, 0) is 23.8 Å². The van der Waals surface area contributed by atoms with E-state index in [1.54, 1.807) is 0 Å². The van der Waals surface area contributed by atoms with E-state index < -0.39 is 12.0 Å². The molecule has 0 saturated heterocycles. The second kappa shape index (κ2) is 6.10. The number of H-pyrrole nitrogens is 1. The average molecular weight is 411 g/mol. The fraction of sp³-hybridized carbons (Fsp3) is 0.294. The van der Waals surface area contributed by atoms with Crippen LogP contribution in [0.4, 0.5) is 13.2 Å². The van der Waals surface area contributed by atoms with Gasteiger partial charge in [-0.3, -0.25) is 4.90 Å². The molecule has 2 aromatic heterocycles. The lowest BCUT2D eigenvalue weighted by molar-refractivity contribution is -0.145. The van der Waals surface area contributed by atoms with Crippen LogP contribution < -0.4 is 0 Å². The van der Waals surface area contributed by atoms with Gasteiger partial charge in [-0.2, -0.15) is 13.2 Å². The maximum Gasteiger partial charge on any atom is 0.451 e. The van der Waals surface area contributed by atoms with Crippen molar-refractivity contribution in [2.45, 2.75) is 25.7 Å². The molecule has 1 N–H and O–H groups in total. The van der Waals surface area contributed by atoms with Crippen LogP contribution in [0.1, 0.15) is 22.6 Å². The van der Waals surface area contributed by atoms with E-state index in [0.29, 0.717) is 25.2 Å². The van der Waals surface area contributed by atoms with Crippen LogP contribution in [0.3, 0.4) is 0 Å². The van der Waals surface area contributed by atoms with Gasteiger partial charge in [0.05, 0.1) is 5.69 Å². The van der Waals surface area contributed by atoms with E-state index in [9.17, 15) is 13.2 Å². The average Bonchev–Trinajstić information content (AvgIpc) is 2.95. The fourth-order valence-corrected chi connectivity index (χ4v) is 3.53. The minimum atomic E-state index is -4.50. The minimum absolute atomic E-state index is 0.493. The molecule has 0 amide bonds. The molecule has 4 rings (SSSR count). The molecule has 0 atom stereocenters. The number of rotatable bonds is 2.